The largest absolute Gasteiger partial charge is 0.374 e. The predicted molar refractivity (Wildman–Crippen MR) is 242 cm³/mol. The molecule has 4 fully saturated rings. The van der Waals surface area contributed by atoms with E-state index in [0.29, 0.717) is 66.8 Å². The Morgan fingerprint density at radius 3 is 2.44 bits per heavy atom. The van der Waals surface area contributed by atoms with Crippen LogP contribution in [-0.4, -0.2) is 111 Å². The van der Waals surface area contributed by atoms with Crippen molar-refractivity contribution in [1.29, 1.82) is 0 Å². The molecule has 66 heavy (non-hydrogen) atoms. The van der Waals surface area contributed by atoms with Crippen molar-refractivity contribution in [1.82, 2.24) is 34.6 Å². The van der Waals surface area contributed by atoms with Crippen molar-refractivity contribution in [2.45, 2.75) is 69.6 Å². The second-order valence-corrected chi connectivity index (χ2v) is 19.5. The minimum absolute atomic E-state index is 0.0383. The van der Waals surface area contributed by atoms with Crippen LogP contribution in [0.25, 0.3) is 11.1 Å². The van der Waals surface area contributed by atoms with Crippen LogP contribution in [0.3, 0.4) is 0 Å². The van der Waals surface area contributed by atoms with Gasteiger partial charge in [0, 0.05) is 84.3 Å². The third-order valence-electron chi connectivity index (χ3n) is 14.3. The second kappa shape index (κ2) is 16.7. The van der Waals surface area contributed by atoms with Crippen LogP contribution in [0.1, 0.15) is 76.9 Å². The number of hydrogen-bond donors (Lipinski definition) is 3. The maximum Gasteiger partial charge on any atom is 0.255 e. The lowest BCUT2D eigenvalue weighted by molar-refractivity contribution is -0.146. The van der Waals surface area contributed by atoms with Crippen molar-refractivity contribution in [2.24, 2.45) is 5.41 Å². The van der Waals surface area contributed by atoms with Crippen molar-refractivity contribution < 1.29 is 32.8 Å². The maximum absolute atomic E-state index is 15.9. The Labute approximate surface area is 383 Å². The number of rotatable bonds is 11. The number of aryl methyl sites for hydroxylation is 1. The molecule has 5 amide bonds. The average Bonchev–Trinajstić information content (AvgIpc) is 4.10. The number of thiazole rings is 1. The molecule has 6 aliphatic rings. The first kappa shape index (κ1) is 42.1. The van der Waals surface area contributed by atoms with Gasteiger partial charge in [-0.3, -0.25) is 39.5 Å². The number of benzene rings is 3. The fraction of sp³-hybridized carbons (Fsp3) is 0.396. The average molecular weight is 915 g/mol. The Kier molecular flexibility index (Phi) is 10.7. The first-order valence-corrected chi connectivity index (χ1v) is 23.5. The van der Waals surface area contributed by atoms with Gasteiger partial charge in [-0.2, -0.15) is 0 Å². The smallest absolute Gasteiger partial charge is 0.255 e. The normalized spacial score (nSPS) is 20.7. The highest BCUT2D eigenvalue weighted by molar-refractivity contribution is 7.13. The first-order valence-electron chi connectivity index (χ1n) is 22.6. The number of carbonyl (C=O) groups is 5. The van der Waals surface area contributed by atoms with Gasteiger partial charge in [-0.25, -0.2) is 18.7 Å². The Balaban J connectivity index is 0.667. The van der Waals surface area contributed by atoms with Gasteiger partial charge in [0.2, 0.25) is 17.7 Å². The Morgan fingerprint density at radius 1 is 0.894 bits per heavy atom. The molecule has 0 saturated carbocycles. The van der Waals surface area contributed by atoms with Gasteiger partial charge in [0.05, 0.1) is 25.1 Å². The molecule has 5 aromatic rings. The zero-order valence-corrected chi connectivity index (χ0v) is 36.9. The number of carbonyl (C=O) groups excluding carboxylic acids is 5. The van der Waals surface area contributed by atoms with E-state index in [2.05, 4.69) is 35.7 Å². The van der Waals surface area contributed by atoms with Gasteiger partial charge in [-0.15, -0.1) is 11.3 Å². The number of hydrogen-bond acceptors (Lipinski definition) is 11. The summed E-state index contributed by atoms with van der Waals surface area (Å²) in [7, 11) is 0. The number of imide groups is 1. The summed E-state index contributed by atoms with van der Waals surface area (Å²) in [5.74, 6) is -2.25. The number of imidazole rings is 1. The van der Waals surface area contributed by atoms with E-state index in [9.17, 15) is 24.0 Å². The van der Waals surface area contributed by atoms with E-state index in [-0.39, 0.29) is 53.1 Å². The van der Waals surface area contributed by atoms with E-state index in [1.54, 1.807) is 36.1 Å². The van der Waals surface area contributed by atoms with E-state index in [4.69, 9.17) is 0 Å². The molecule has 6 aliphatic heterocycles. The molecule has 2 atom stereocenters. The summed E-state index contributed by atoms with van der Waals surface area (Å²) in [5, 5.41) is 10.4. The van der Waals surface area contributed by atoms with Crippen molar-refractivity contribution in [2.75, 3.05) is 61.3 Å². The molecule has 340 valence electrons. The van der Waals surface area contributed by atoms with E-state index >= 15 is 8.78 Å². The maximum atomic E-state index is 15.9. The molecule has 15 nitrogen and oxygen atoms in total. The van der Waals surface area contributed by atoms with Crippen molar-refractivity contribution >= 4 is 57.4 Å². The first-order chi connectivity index (χ1) is 32.0. The molecule has 1 spiro atoms. The molecule has 11 rings (SSSR count). The zero-order valence-electron chi connectivity index (χ0n) is 36.1. The van der Waals surface area contributed by atoms with Gasteiger partial charge in [-0.05, 0) is 104 Å². The Morgan fingerprint density at radius 2 is 1.70 bits per heavy atom. The molecule has 8 heterocycles. The number of anilines is 3. The minimum atomic E-state index is -1.06. The van der Waals surface area contributed by atoms with Crippen LogP contribution in [0.15, 0.2) is 72.5 Å². The quantitative estimate of drug-likeness (QED) is 0.148. The van der Waals surface area contributed by atoms with Crippen LogP contribution in [0.2, 0.25) is 0 Å². The van der Waals surface area contributed by atoms with Gasteiger partial charge in [0.15, 0.2) is 11.2 Å². The van der Waals surface area contributed by atoms with Crippen LogP contribution in [0, 0.1) is 17.0 Å². The highest BCUT2D eigenvalue weighted by Crippen LogP contribution is 2.43. The second-order valence-electron chi connectivity index (χ2n) is 18.6. The third-order valence-corrected chi connectivity index (χ3v) is 15.0. The lowest BCUT2D eigenvalue weighted by atomic mass is 9.72. The monoisotopic (exact) mass is 914 g/mol. The van der Waals surface area contributed by atoms with Crippen LogP contribution >= 0.6 is 11.3 Å². The van der Waals surface area contributed by atoms with E-state index < -0.39 is 35.6 Å². The summed E-state index contributed by atoms with van der Waals surface area (Å²) in [4.78, 5) is 81.4. The van der Waals surface area contributed by atoms with Gasteiger partial charge >= 0.3 is 0 Å². The number of fused-ring (bicyclic) bond motifs is 2. The number of likely N-dealkylation sites (tertiary alicyclic amines) is 2. The molecule has 0 bridgehead atoms. The number of nitrogens with one attached hydrogen (secondary N) is 3. The molecule has 3 aromatic carbocycles. The third kappa shape index (κ3) is 7.78. The fourth-order valence-electron chi connectivity index (χ4n) is 10.8. The van der Waals surface area contributed by atoms with Crippen LogP contribution in [0.5, 0.6) is 0 Å². The van der Waals surface area contributed by atoms with Gasteiger partial charge in [0.1, 0.15) is 17.7 Å². The molecule has 18 heteroatoms. The molecular weight excluding hydrogens is 867 g/mol. The number of nitrogens with zero attached hydrogens (tertiary/aromatic N) is 7. The van der Waals surface area contributed by atoms with Gasteiger partial charge < -0.3 is 24.6 Å². The van der Waals surface area contributed by atoms with Gasteiger partial charge in [0.25, 0.3) is 11.8 Å². The summed E-state index contributed by atoms with van der Waals surface area (Å²) in [5.41, 5.74) is 5.45. The topological polar surface area (TPSA) is 165 Å². The standard InChI is InChI=1S/C48H48F2N10O5S/c49-36-19-30(18-34-35(36)21-60(46(34)65)43(45(64)55-47-51-13-17-66-47)42-39-2-1-14-57(39)27-52-42)28-3-6-32(7-4-28)58-23-48(24-58)25-59(26-48)41(62)22-56-15-11-29(12-16-56)33-8-5-31(20-37(33)50)53-38-9-10-40(61)54-44(38)63/h3-8,13,17-20,27,29,38,43,53H,1-2,9-12,14-16,21-26H2,(H,51,55,64)(H,54,61,63). The molecule has 4 saturated heterocycles. The zero-order chi connectivity index (χ0) is 45.3. The summed E-state index contributed by atoms with van der Waals surface area (Å²) in [6.07, 6.45) is 7.03. The Hall–Kier alpha value is -6.53. The van der Waals surface area contributed by atoms with Crippen molar-refractivity contribution in [3.8, 4) is 11.1 Å². The highest BCUT2D eigenvalue weighted by atomic mass is 32.1. The lowest BCUT2D eigenvalue weighted by Gasteiger charge is -2.61. The fourth-order valence-corrected chi connectivity index (χ4v) is 11.3. The SMILES string of the molecule is O=C1CCC(Nc2ccc(C3CCN(CC(=O)N4CC5(C4)CN(c4ccc(-c6cc(F)c7c(c6)C(=O)N(C(C(=O)Nc6nccs6)c6ncn8c6CCC8)C7)cc4)C5)CC3)c(F)c2)C(=O)N1. The number of halogens is 2. The van der Waals surface area contributed by atoms with E-state index in [1.807, 2.05) is 33.7 Å². The number of aromatic nitrogens is 3. The molecule has 2 aromatic heterocycles. The summed E-state index contributed by atoms with van der Waals surface area (Å²) in [6.45, 7) is 5.52. The highest BCUT2D eigenvalue weighted by Gasteiger charge is 2.53. The number of amides is 5. The van der Waals surface area contributed by atoms with E-state index in [0.717, 1.165) is 62.3 Å². The van der Waals surface area contributed by atoms with Crippen molar-refractivity contribution in [3.63, 3.8) is 0 Å². The molecule has 0 radical (unpaired) electrons. The van der Waals surface area contributed by atoms with Crippen molar-refractivity contribution in [3.05, 3.63) is 112 Å². The summed E-state index contributed by atoms with van der Waals surface area (Å²) in [6, 6.07) is 14.4. The van der Waals surface area contributed by atoms with Crippen LogP contribution < -0.4 is 20.9 Å². The summed E-state index contributed by atoms with van der Waals surface area (Å²) >= 11 is 1.27. The molecule has 2 unspecified atom stereocenters. The summed E-state index contributed by atoms with van der Waals surface area (Å²) < 4.78 is 33.2. The van der Waals surface area contributed by atoms with Crippen LogP contribution in [-0.2, 0) is 38.7 Å². The molecule has 3 N–H and O–H groups in total. The lowest BCUT2D eigenvalue weighted by Crippen LogP contribution is -2.73. The Bertz CT molecular complexity index is 2760. The predicted octanol–water partition coefficient (Wildman–Crippen LogP) is 5.31. The van der Waals surface area contributed by atoms with E-state index in [1.165, 1.54) is 28.4 Å². The number of piperidine rings is 2. The molecular formula is C48H48F2N10O5S. The van der Waals surface area contributed by atoms with Gasteiger partial charge in [-0.1, -0.05) is 18.2 Å². The molecule has 0 aliphatic carbocycles. The van der Waals surface area contributed by atoms with Crippen LogP contribution in [0.4, 0.5) is 25.3 Å². The minimum Gasteiger partial charge on any atom is -0.374 e.